The highest BCUT2D eigenvalue weighted by atomic mass is 35.5. The highest BCUT2D eigenvalue weighted by Crippen LogP contribution is 2.39. The van der Waals surface area contributed by atoms with Gasteiger partial charge in [-0.05, 0) is 40.0 Å². The molecule has 1 aliphatic heterocycles. The molecule has 2 heterocycles. The lowest BCUT2D eigenvalue weighted by Gasteiger charge is -2.31. The lowest BCUT2D eigenvalue weighted by Crippen LogP contribution is -2.44. The van der Waals surface area contributed by atoms with Gasteiger partial charge in [-0.15, -0.1) is 0 Å². The number of anilines is 1. The summed E-state index contributed by atoms with van der Waals surface area (Å²) >= 11 is 6.12. The van der Waals surface area contributed by atoms with Crippen molar-refractivity contribution in [2.75, 3.05) is 18.1 Å². The van der Waals surface area contributed by atoms with Crippen LogP contribution in [0.2, 0.25) is 5.15 Å². The summed E-state index contributed by atoms with van der Waals surface area (Å²) in [4.78, 5) is 21.2. The molecular weight excluding hydrogens is 304 g/mol. The van der Waals surface area contributed by atoms with Gasteiger partial charge >= 0.3 is 6.09 Å². The maximum Gasteiger partial charge on any atom is 0.429 e. The maximum absolute atomic E-state index is 12.3. The Kier molecular flexibility index (Phi) is 3.89. The van der Waals surface area contributed by atoms with Gasteiger partial charge in [-0.3, -0.25) is 5.01 Å². The summed E-state index contributed by atoms with van der Waals surface area (Å²) in [7, 11) is 0. The molecule has 0 aromatic carbocycles. The van der Waals surface area contributed by atoms with E-state index < -0.39 is 5.60 Å². The van der Waals surface area contributed by atoms with Crippen molar-refractivity contribution in [1.82, 2.24) is 15.0 Å². The van der Waals surface area contributed by atoms with Gasteiger partial charge in [0, 0.05) is 25.1 Å². The standard InChI is InChI=1S/C15H21ClN4O2/c1-15(2,3)22-14(21)20-8-4-7-19(20)12-9-11(16)17-13(18-12)10-5-6-10/h9-10H,4-8H2,1-3H3. The number of aromatic nitrogens is 2. The first-order chi connectivity index (χ1) is 10.3. The minimum Gasteiger partial charge on any atom is -0.442 e. The molecule has 6 nitrogen and oxygen atoms in total. The first-order valence-corrected chi connectivity index (χ1v) is 8.04. The summed E-state index contributed by atoms with van der Waals surface area (Å²) in [6.07, 6.45) is 2.73. The smallest absolute Gasteiger partial charge is 0.429 e. The zero-order chi connectivity index (χ0) is 15.9. The first kappa shape index (κ1) is 15.3. The molecule has 3 rings (SSSR count). The van der Waals surface area contributed by atoms with Crippen LogP contribution in [0.1, 0.15) is 51.8 Å². The van der Waals surface area contributed by atoms with E-state index in [0.717, 1.165) is 31.6 Å². The fourth-order valence-electron chi connectivity index (χ4n) is 2.43. The Bertz CT molecular complexity index is 583. The molecule has 0 atom stereocenters. The van der Waals surface area contributed by atoms with Crippen LogP contribution in [-0.4, -0.2) is 39.8 Å². The van der Waals surface area contributed by atoms with E-state index in [0.29, 0.717) is 23.4 Å². The number of hydrogen-bond donors (Lipinski definition) is 0. The van der Waals surface area contributed by atoms with E-state index in [1.807, 2.05) is 25.8 Å². The minimum atomic E-state index is -0.520. The van der Waals surface area contributed by atoms with Crippen LogP contribution in [0.15, 0.2) is 6.07 Å². The molecular formula is C15H21ClN4O2. The Morgan fingerprint density at radius 2 is 2.05 bits per heavy atom. The second-order valence-electron chi connectivity index (χ2n) is 6.76. The number of hydrazine groups is 1. The van der Waals surface area contributed by atoms with Crippen LogP contribution in [0.3, 0.4) is 0 Å². The first-order valence-electron chi connectivity index (χ1n) is 7.66. The minimum absolute atomic E-state index is 0.354. The molecule has 0 bridgehead atoms. The third-order valence-electron chi connectivity index (χ3n) is 3.54. The number of halogens is 1. The van der Waals surface area contributed by atoms with Gasteiger partial charge in [-0.2, -0.15) is 0 Å². The summed E-state index contributed by atoms with van der Waals surface area (Å²) in [6, 6.07) is 1.70. The summed E-state index contributed by atoms with van der Waals surface area (Å²) in [6.45, 7) is 6.92. The van der Waals surface area contributed by atoms with E-state index >= 15 is 0 Å². The largest absolute Gasteiger partial charge is 0.442 e. The van der Waals surface area contributed by atoms with Crippen molar-refractivity contribution in [3.8, 4) is 0 Å². The number of carbonyl (C=O) groups is 1. The van der Waals surface area contributed by atoms with Gasteiger partial charge in [-0.25, -0.2) is 19.8 Å². The molecule has 0 spiro atoms. The number of rotatable bonds is 2. The average molecular weight is 325 g/mol. The third kappa shape index (κ3) is 3.43. The molecule has 0 unspecified atom stereocenters. The number of amides is 1. The maximum atomic E-state index is 12.3. The van der Waals surface area contributed by atoms with Gasteiger partial charge in [-0.1, -0.05) is 11.6 Å². The molecule has 1 amide bonds. The topological polar surface area (TPSA) is 58.6 Å². The Morgan fingerprint density at radius 1 is 1.32 bits per heavy atom. The quantitative estimate of drug-likeness (QED) is 0.781. The fraction of sp³-hybridized carbons (Fsp3) is 0.667. The lowest BCUT2D eigenvalue weighted by molar-refractivity contribution is 0.0272. The van der Waals surface area contributed by atoms with Crippen molar-refractivity contribution in [3.05, 3.63) is 17.0 Å². The molecule has 1 saturated heterocycles. The van der Waals surface area contributed by atoms with Gasteiger partial charge < -0.3 is 4.74 Å². The molecule has 2 fully saturated rings. The predicted molar refractivity (Wildman–Crippen MR) is 83.9 cm³/mol. The van der Waals surface area contributed by atoms with Crippen LogP contribution in [0.4, 0.5) is 10.6 Å². The van der Waals surface area contributed by atoms with Gasteiger partial charge in [0.1, 0.15) is 16.6 Å². The Balaban J connectivity index is 1.82. The van der Waals surface area contributed by atoms with Crippen molar-refractivity contribution in [2.24, 2.45) is 0 Å². The van der Waals surface area contributed by atoms with Crippen LogP contribution < -0.4 is 5.01 Å². The summed E-state index contributed by atoms with van der Waals surface area (Å²) in [5, 5.41) is 3.86. The average Bonchev–Trinajstić information content (AvgIpc) is 3.13. The van der Waals surface area contributed by atoms with Crippen LogP contribution in [0.5, 0.6) is 0 Å². The van der Waals surface area contributed by atoms with E-state index in [2.05, 4.69) is 9.97 Å². The molecule has 22 heavy (non-hydrogen) atoms. The van der Waals surface area contributed by atoms with E-state index in [4.69, 9.17) is 16.3 Å². The van der Waals surface area contributed by atoms with Crippen LogP contribution in [0, 0.1) is 0 Å². The van der Waals surface area contributed by atoms with E-state index in [-0.39, 0.29) is 6.09 Å². The van der Waals surface area contributed by atoms with Gasteiger partial charge in [0.15, 0.2) is 5.82 Å². The van der Waals surface area contributed by atoms with Crippen molar-refractivity contribution >= 4 is 23.5 Å². The molecule has 0 N–H and O–H groups in total. The number of ether oxygens (including phenoxy) is 1. The van der Waals surface area contributed by atoms with E-state index in [1.165, 1.54) is 0 Å². The fourth-order valence-corrected chi connectivity index (χ4v) is 2.62. The van der Waals surface area contributed by atoms with Gasteiger partial charge in [0.25, 0.3) is 0 Å². The Labute approximate surface area is 135 Å². The number of hydrogen-bond acceptors (Lipinski definition) is 5. The van der Waals surface area contributed by atoms with Crippen LogP contribution in [0.25, 0.3) is 0 Å². The van der Waals surface area contributed by atoms with Crippen molar-refractivity contribution in [1.29, 1.82) is 0 Å². The van der Waals surface area contributed by atoms with Gasteiger partial charge in [0.05, 0.1) is 0 Å². The monoisotopic (exact) mass is 324 g/mol. The normalized spacial score (nSPS) is 18.7. The highest BCUT2D eigenvalue weighted by Gasteiger charge is 2.33. The molecule has 1 aromatic rings. The highest BCUT2D eigenvalue weighted by molar-refractivity contribution is 6.29. The van der Waals surface area contributed by atoms with Crippen LogP contribution >= 0.6 is 11.6 Å². The number of carbonyl (C=O) groups excluding carboxylic acids is 1. The van der Waals surface area contributed by atoms with E-state index in [9.17, 15) is 4.79 Å². The van der Waals surface area contributed by atoms with Crippen LogP contribution in [-0.2, 0) is 4.74 Å². The predicted octanol–water partition coefficient (Wildman–Crippen LogP) is 3.37. The number of nitrogens with zero attached hydrogens (tertiary/aromatic N) is 4. The zero-order valence-electron chi connectivity index (χ0n) is 13.2. The summed E-state index contributed by atoms with van der Waals surface area (Å²) in [5.41, 5.74) is -0.520. The molecule has 0 radical (unpaired) electrons. The second kappa shape index (κ2) is 5.57. The molecule has 2 aliphatic rings. The molecule has 7 heteroatoms. The SMILES string of the molecule is CC(C)(C)OC(=O)N1CCCN1c1cc(Cl)nc(C2CC2)n1. The molecule has 120 valence electrons. The Hall–Kier alpha value is -1.56. The van der Waals surface area contributed by atoms with Crippen molar-refractivity contribution < 1.29 is 9.53 Å². The second-order valence-corrected chi connectivity index (χ2v) is 7.15. The van der Waals surface area contributed by atoms with Gasteiger partial charge in [0.2, 0.25) is 0 Å². The summed E-state index contributed by atoms with van der Waals surface area (Å²) in [5.74, 6) is 1.86. The Morgan fingerprint density at radius 3 is 2.68 bits per heavy atom. The zero-order valence-corrected chi connectivity index (χ0v) is 13.9. The van der Waals surface area contributed by atoms with Crippen molar-refractivity contribution in [2.45, 2.75) is 51.6 Å². The third-order valence-corrected chi connectivity index (χ3v) is 3.73. The van der Waals surface area contributed by atoms with E-state index in [1.54, 1.807) is 11.1 Å². The van der Waals surface area contributed by atoms with Crippen molar-refractivity contribution in [3.63, 3.8) is 0 Å². The summed E-state index contributed by atoms with van der Waals surface area (Å²) < 4.78 is 5.46. The lowest BCUT2D eigenvalue weighted by atomic mass is 10.2. The molecule has 1 aliphatic carbocycles. The molecule has 1 saturated carbocycles. The molecule has 1 aromatic heterocycles.